The fraction of sp³-hybridized carbons (Fsp3) is 0.333. The normalized spacial score (nSPS) is 10.9. The Morgan fingerprint density at radius 3 is 3.12 bits per heavy atom. The first-order valence-corrected chi connectivity index (χ1v) is 5.55. The van der Waals surface area contributed by atoms with E-state index in [1.54, 1.807) is 6.26 Å². The Bertz CT molecular complexity index is 427. The van der Waals surface area contributed by atoms with Crippen molar-refractivity contribution in [1.29, 1.82) is 0 Å². The number of hydrazine groups is 1. The molecular formula is C9H13N5OS. The van der Waals surface area contributed by atoms with Gasteiger partial charge in [0.05, 0.1) is 12.8 Å². The quantitative estimate of drug-likeness (QED) is 0.599. The number of aromatic nitrogens is 2. The van der Waals surface area contributed by atoms with Crippen molar-refractivity contribution in [1.82, 2.24) is 14.5 Å². The number of furan rings is 1. The average molecular weight is 239 g/mol. The molecule has 2 rings (SSSR count). The fourth-order valence-corrected chi connectivity index (χ4v) is 1.89. The summed E-state index contributed by atoms with van der Waals surface area (Å²) in [4.78, 5) is 2.08. The van der Waals surface area contributed by atoms with E-state index in [2.05, 4.69) is 19.9 Å². The Balaban J connectivity index is 1.94. The van der Waals surface area contributed by atoms with Gasteiger partial charge in [0.2, 0.25) is 0 Å². The Morgan fingerprint density at radius 1 is 1.56 bits per heavy atom. The third kappa shape index (κ3) is 2.57. The number of nitrogens with one attached hydrogen (secondary N) is 1. The molecule has 86 valence electrons. The van der Waals surface area contributed by atoms with E-state index in [4.69, 9.17) is 10.3 Å². The zero-order valence-corrected chi connectivity index (χ0v) is 9.70. The van der Waals surface area contributed by atoms with Gasteiger partial charge in [-0.1, -0.05) is 4.49 Å². The van der Waals surface area contributed by atoms with Gasteiger partial charge in [-0.2, -0.15) is 0 Å². The first-order chi connectivity index (χ1) is 7.79. The molecule has 0 spiro atoms. The minimum atomic E-state index is 0.677. The Morgan fingerprint density at radius 2 is 2.44 bits per heavy atom. The monoisotopic (exact) mass is 239 g/mol. The third-order valence-electron chi connectivity index (χ3n) is 2.11. The molecule has 0 saturated carbocycles. The molecule has 0 aliphatic carbocycles. The molecular weight excluding hydrogens is 226 g/mol. The summed E-state index contributed by atoms with van der Waals surface area (Å²) in [6.07, 6.45) is 1.67. The highest BCUT2D eigenvalue weighted by Crippen LogP contribution is 2.18. The maximum Gasteiger partial charge on any atom is 0.148 e. The molecule has 0 saturated heterocycles. The lowest BCUT2D eigenvalue weighted by Crippen LogP contribution is -2.18. The fourth-order valence-electron chi connectivity index (χ4n) is 1.40. The summed E-state index contributed by atoms with van der Waals surface area (Å²) in [5.74, 6) is 6.27. The molecule has 0 amide bonds. The van der Waals surface area contributed by atoms with Crippen molar-refractivity contribution >= 4 is 16.5 Å². The van der Waals surface area contributed by atoms with Crippen LogP contribution in [0.4, 0.5) is 5.00 Å². The molecule has 0 bridgehead atoms. The predicted molar refractivity (Wildman–Crippen MR) is 61.6 cm³/mol. The number of hydrogen-bond donors (Lipinski definition) is 2. The summed E-state index contributed by atoms with van der Waals surface area (Å²) >= 11 is 1.25. The summed E-state index contributed by atoms with van der Waals surface area (Å²) in [5.41, 5.74) is 3.43. The molecule has 0 atom stereocenters. The van der Waals surface area contributed by atoms with Crippen molar-refractivity contribution in [2.45, 2.75) is 13.1 Å². The number of nitrogens with zero attached hydrogens (tertiary/aromatic N) is 3. The van der Waals surface area contributed by atoms with E-state index < -0.39 is 0 Å². The lowest BCUT2D eigenvalue weighted by atomic mass is 10.3. The molecule has 0 radical (unpaired) electrons. The summed E-state index contributed by atoms with van der Waals surface area (Å²) in [5, 5.41) is 4.81. The van der Waals surface area contributed by atoms with Gasteiger partial charge in [-0.25, -0.2) is 5.84 Å². The van der Waals surface area contributed by atoms with Gasteiger partial charge in [0.25, 0.3) is 0 Å². The van der Waals surface area contributed by atoms with E-state index in [9.17, 15) is 0 Å². The molecule has 2 aromatic rings. The first-order valence-electron chi connectivity index (χ1n) is 4.78. The van der Waals surface area contributed by atoms with Gasteiger partial charge in [0.15, 0.2) is 0 Å². The standard InChI is InChI=1S/C9H13N5OS/c1-14(5-7-3-2-4-15-7)6-8-9(11-10)16-13-12-8/h2-4,11H,5-6,10H2,1H3. The van der Waals surface area contributed by atoms with Crippen LogP contribution < -0.4 is 11.3 Å². The largest absolute Gasteiger partial charge is 0.468 e. The maximum atomic E-state index is 5.35. The van der Waals surface area contributed by atoms with E-state index in [0.29, 0.717) is 6.54 Å². The molecule has 0 fully saturated rings. The molecule has 0 aliphatic heterocycles. The second-order valence-corrected chi connectivity index (χ2v) is 4.20. The number of nitrogen functional groups attached to an aromatic ring is 1. The lowest BCUT2D eigenvalue weighted by Gasteiger charge is -2.13. The van der Waals surface area contributed by atoms with Crippen LogP contribution in [0.5, 0.6) is 0 Å². The Kier molecular flexibility index (Phi) is 3.50. The molecule has 0 aliphatic rings. The van der Waals surface area contributed by atoms with Gasteiger partial charge in [0, 0.05) is 18.1 Å². The van der Waals surface area contributed by atoms with Crippen molar-refractivity contribution in [3.8, 4) is 0 Å². The van der Waals surface area contributed by atoms with Crippen LogP contribution in [-0.2, 0) is 13.1 Å². The Labute approximate surface area is 97.2 Å². The average Bonchev–Trinajstić information content (AvgIpc) is 2.88. The highest BCUT2D eigenvalue weighted by atomic mass is 32.1. The highest BCUT2D eigenvalue weighted by molar-refractivity contribution is 7.10. The van der Waals surface area contributed by atoms with Crippen LogP contribution in [0.1, 0.15) is 11.5 Å². The van der Waals surface area contributed by atoms with E-state index in [-0.39, 0.29) is 0 Å². The summed E-state index contributed by atoms with van der Waals surface area (Å²) in [6.45, 7) is 1.41. The molecule has 0 unspecified atom stereocenters. The maximum absolute atomic E-state index is 5.35. The van der Waals surface area contributed by atoms with Crippen molar-refractivity contribution in [3.63, 3.8) is 0 Å². The minimum absolute atomic E-state index is 0.677. The van der Waals surface area contributed by atoms with Crippen LogP contribution in [0, 0.1) is 0 Å². The highest BCUT2D eigenvalue weighted by Gasteiger charge is 2.10. The SMILES string of the molecule is CN(Cc1ccco1)Cc1nnsc1NN. The van der Waals surface area contributed by atoms with Crippen LogP contribution in [-0.4, -0.2) is 21.5 Å². The molecule has 0 aromatic carbocycles. The second kappa shape index (κ2) is 5.06. The Hall–Kier alpha value is -1.44. The number of hydrogen-bond acceptors (Lipinski definition) is 7. The van der Waals surface area contributed by atoms with Gasteiger partial charge in [-0.3, -0.25) is 4.90 Å². The molecule has 7 heteroatoms. The summed E-state index contributed by atoms with van der Waals surface area (Å²) < 4.78 is 9.11. The van der Waals surface area contributed by atoms with E-state index in [1.807, 2.05) is 19.2 Å². The zero-order chi connectivity index (χ0) is 11.4. The molecule has 16 heavy (non-hydrogen) atoms. The molecule has 2 heterocycles. The van der Waals surface area contributed by atoms with Crippen LogP contribution in [0.2, 0.25) is 0 Å². The van der Waals surface area contributed by atoms with Crippen LogP contribution >= 0.6 is 11.5 Å². The first kappa shape index (κ1) is 11.1. The van der Waals surface area contributed by atoms with Crippen molar-refractivity contribution in [2.24, 2.45) is 5.84 Å². The summed E-state index contributed by atoms with van der Waals surface area (Å²) in [6, 6.07) is 3.82. The molecule has 6 nitrogen and oxygen atoms in total. The van der Waals surface area contributed by atoms with Gasteiger partial charge >= 0.3 is 0 Å². The van der Waals surface area contributed by atoms with E-state index >= 15 is 0 Å². The molecule has 2 aromatic heterocycles. The van der Waals surface area contributed by atoms with Gasteiger partial charge in [-0.05, 0) is 19.2 Å². The third-order valence-corrected chi connectivity index (χ3v) is 2.81. The number of rotatable bonds is 5. The zero-order valence-electron chi connectivity index (χ0n) is 8.88. The number of nitrogens with two attached hydrogens (primary N) is 1. The van der Waals surface area contributed by atoms with Crippen LogP contribution in [0.3, 0.4) is 0 Å². The predicted octanol–water partition coefficient (Wildman–Crippen LogP) is 1.05. The van der Waals surface area contributed by atoms with Gasteiger partial charge in [-0.15, -0.1) is 5.10 Å². The van der Waals surface area contributed by atoms with Crippen LogP contribution in [0.25, 0.3) is 0 Å². The number of anilines is 1. The topological polar surface area (TPSA) is 80.2 Å². The van der Waals surface area contributed by atoms with Crippen molar-refractivity contribution < 1.29 is 4.42 Å². The summed E-state index contributed by atoms with van der Waals surface area (Å²) in [7, 11) is 1.99. The van der Waals surface area contributed by atoms with Gasteiger partial charge in [0.1, 0.15) is 16.5 Å². The van der Waals surface area contributed by atoms with Crippen molar-refractivity contribution in [3.05, 3.63) is 29.9 Å². The minimum Gasteiger partial charge on any atom is -0.468 e. The van der Waals surface area contributed by atoms with E-state index in [0.717, 1.165) is 23.0 Å². The molecule has 3 N–H and O–H groups in total. The lowest BCUT2D eigenvalue weighted by molar-refractivity contribution is 0.285. The van der Waals surface area contributed by atoms with E-state index in [1.165, 1.54) is 11.5 Å². The van der Waals surface area contributed by atoms with Crippen LogP contribution in [0.15, 0.2) is 22.8 Å². The smallest absolute Gasteiger partial charge is 0.148 e. The van der Waals surface area contributed by atoms with Crippen molar-refractivity contribution in [2.75, 3.05) is 12.5 Å². The second-order valence-electron chi connectivity index (χ2n) is 3.44. The van der Waals surface area contributed by atoms with Gasteiger partial charge < -0.3 is 9.84 Å².